The van der Waals surface area contributed by atoms with Gasteiger partial charge in [0.25, 0.3) is 5.91 Å². The summed E-state index contributed by atoms with van der Waals surface area (Å²) >= 11 is 7.37. The van der Waals surface area contributed by atoms with Gasteiger partial charge >= 0.3 is 0 Å². The largest absolute Gasteiger partial charge is 0.496 e. The Morgan fingerprint density at radius 2 is 2.28 bits per heavy atom. The molecule has 0 saturated carbocycles. The van der Waals surface area contributed by atoms with Crippen LogP contribution in [0.25, 0.3) is 0 Å². The number of ether oxygens (including phenoxy) is 1. The Kier molecular flexibility index (Phi) is 3.84. The van der Waals surface area contributed by atoms with E-state index in [1.807, 2.05) is 6.92 Å². The molecule has 1 aromatic carbocycles. The summed E-state index contributed by atoms with van der Waals surface area (Å²) in [7, 11) is 1.52. The van der Waals surface area contributed by atoms with Gasteiger partial charge < -0.3 is 4.74 Å². The van der Waals surface area contributed by atoms with Crippen LogP contribution < -0.4 is 10.1 Å². The fraction of sp³-hybridized carbons (Fsp3) is 0.167. The van der Waals surface area contributed by atoms with Crippen LogP contribution in [0.1, 0.15) is 15.9 Å². The lowest BCUT2D eigenvalue weighted by Crippen LogP contribution is -2.13. The van der Waals surface area contributed by atoms with Crippen molar-refractivity contribution in [3.05, 3.63) is 39.9 Å². The molecule has 2 aromatic rings. The highest BCUT2D eigenvalue weighted by Gasteiger charge is 2.15. The van der Waals surface area contributed by atoms with Crippen LogP contribution in [0.4, 0.5) is 5.13 Å². The van der Waals surface area contributed by atoms with Crippen molar-refractivity contribution in [2.75, 3.05) is 12.4 Å². The second-order valence-corrected chi connectivity index (χ2v) is 4.89. The number of anilines is 1. The number of nitrogens with one attached hydrogen (secondary N) is 1. The number of halogens is 1. The first-order valence-electron chi connectivity index (χ1n) is 5.17. The van der Waals surface area contributed by atoms with E-state index < -0.39 is 0 Å². The lowest BCUT2D eigenvalue weighted by molar-refractivity contribution is 0.102. The third-order valence-electron chi connectivity index (χ3n) is 2.38. The summed E-state index contributed by atoms with van der Waals surface area (Å²) in [6.45, 7) is 1.85. The maximum Gasteiger partial charge on any atom is 0.261 e. The summed E-state index contributed by atoms with van der Waals surface area (Å²) < 4.78 is 5.18. The molecular weight excluding hydrogens is 272 g/mol. The Labute approximate surface area is 114 Å². The quantitative estimate of drug-likeness (QED) is 0.939. The standard InChI is InChI=1S/C12H11ClN2O2S/c1-7-5-10(17-2)8(6-9(7)13)11(16)15-12-14-3-4-18-12/h3-6H,1-2H3,(H,14,15,16). The van der Waals surface area contributed by atoms with Crippen LogP contribution >= 0.6 is 22.9 Å². The highest BCUT2D eigenvalue weighted by Crippen LogP contribution is 2.27. The predicted molar refractivity (Wildman–Crippen MR) is 72.8 cm³/mol. The second kappa shape index (κ2) is 5.37. The van der Waals surface area contributed by atoms with Gasteiger partial charge in [0.05, 0.1) is 12.7 Å². The molecule has 0 spiro atoms. The smallest absolute Gasteiger partial charge is 0.261 e. The highest BCUT2D eigenvalue weighted by atomic mass is 35.5. The monoisotopic (exact) mass is 282 g/mol. The van der Waals surface area contributed by atoms with Crippen molar-refractivity contribution in [1.29, 1.82) is 0 Å². The van der Waals surface area contributed by atoms with E-state index in [-0.39, 0.29) is 5.91 Å². The van der Waals surface area contributed by atoms with Crippen LogP contribution in [0.5, 0.6) is 5.75 Å². The normalized spacial score (nSPS) is 10.2. The van der Waals surface area contributed by atoms with Gasteiger partial charge in [-0.3, -0.25) is 10.1 Å². The first kappa shape index (κ1) is 12.9. The molecule has 6 heteroatoms. The number of thiazole rings is 1. The van der Waals surface area contributed by atoms with E-state index in [0.29, 0.717) is 21.5 Å². The highest BCUT2D eigenvalue weighted by molar-refractivity contribution is 7.13. The SMILES string of the molecule is COc1cc(C)c(Cl)cc1C(=O)Nc1nccs1. The molecule has 1 heterocycles. The number of methoxy groups -OCH3 is 1. The third kappa shape index (κ3) is 2.63. The summed E-state index contributed by atoms with van der Waals surface area (Å²) in [5.41, 5.74) is 1.25. The first-order chi connectivity index (χ1) is 8.61. The van der Waals surface area contributed by atoms with Crippen molar-refractivity contribution in [2.24, 2.45) is 0 Å². The Hall–Kier alpha value is -1.59. The van der Waals surface area contributed by atoms with Gasteiger partial charge in [0.2, 0.25) is 0 Å². The molecule has 4 nitrogen and oxygen atoms in total. The minimum absolute atomic E-state index is 0.288. The topological polar surface area (TPSA) is 51.2 Å². The lowest BCUT2D eigenvalue weighted by Gasteiger charge is -2.10. The molecule has 0 aliphatic heterocycles. The molecule has 18 heavy (non-hydrogen) atoms. The number of amides is 1. The lowest BCUT2D eigenvalue weighted by atomic mass is 10.1. The zero-order valence-electron chi connectivity index (χ0n) is 9.86. The summed E-state index contributed by atoms with van der Waals surface area (Å²) in [6, 6.07) is 3.33. The number of hydrogen-bond acceptors (Lipinski definition) is 4. The molecule has 0 fully saturated rings. The molecule has 0 bridgehead atoms. The predicted octanol–water partition coefficient (Wildman–Crippen LogP) is 3.37. The zero-order chi connectivity index (χ0) is 13.1. The second-order valence-electron chi connectivity index (χ2n) is 3.59. The molecule has 0 aliphatic carbocycles. The van der Waals surface area contributed by atoms with Crippen LogP contribution in [0, 0.1) is 6.92 Å². The van der Waals surface area contributed by atoms with Gasteiger partial charge in [-0.25, -0.2) is 4.98 Å². The molecule has 0 aliphatic rings. The molecule has 0 radical (unpaired) electrons. The van der Waals surface area contributed by atoms with Gasteiger partial charge in [-0.15, -0.1) is 11.3 Å². The van der Waals surface area contributed by atoms with Crippen molar-refractivity contribution in [3.8, 4) is 5.75 Å². The van der Waals surface area contributed by atoms with E-state index in [0.717, 1.165) is 5.56 Å². The molecular formula is C12H11ClN2O2S. The number of aryl methyl sites for hydroxylation is 1. The maximum absolute atomic E-state index is 12.1. The van der Waals surface area contributed by atoms with Gasteiger partial charge in [-0.2, -0.15) is 0 Å². The van der Waals surface area contributed by atoms with Crippen LogP contribution in [-0.4, -0.2) is 18.0 Å². The maximum atomic E-state index is 12.1. The number of carbonyl (C=O) groups excluding carboxylic acids is 1. The fourth-order valence-corrected chi connectivity index (χ4v) is 2.14. The minimum atomic E-state index is -0.288. The molecule has 1 aromatic heterocycles. The Bertz CT molecular complexity index is 570. The van der Waals surface area contributed by atoms with E-state index in [9.17, 15) is 4.79 Å². The molecule has 1 N–H and O–H groups in total. The van der Waals surface area contributed by atoms with Gasteiger partial charge in [-0.1, -0.05) is 11.6 Å². The van der Waals surface area contributed by atoms with Crippen molar-refractivity contribution in [3.63, 3.8) is 0 Å². The van der Waals surface area contributed by atoms with Crippen molar-refractivity contribution >= 4 is 34.0 Å². The van der Waals surface area contributed by atoms with E-state index in [4.69, 9.17) is 16.3 Å². The third-order valence-corrected chi connectivity index (χ3v) is 3.47. The Morgan fingerprint density at radius 1 is 1.50 bits per heavy atom. The van der Waals surface area contributed by atoms with E-state index in [2.05, 4.69) is 10.3 Å². The summed E-state index contributed by atoms with van der Waals surface area (Å²) in [5, 5.41) is 5.54. The molecule has 1 amide bonds. The van der Waals surface area contributed by atoms with Gasteiger partial charge in [0.1, 0.15) is 5.75 Å². The summed E-state index contributed by atoms with van der Waals surface area (Å²) in [5.74, 6) is 0.203. The van der Waals surface area contributed by atoms with Crippen molar-refractivity contribution in [1.82, 2.24) is 4.98 Å². The van der Waals surface area contributed by atoms with E-state index in [1.54, 1.807) is 23.7 Å². The van der Waals surface area contributed by atoms with Gasteiger partial charge in [0, 0.05) is 16.6 Å². The molecule has 94 valence electrons. The minimum Gasteiger partial charge on any atom is -0.496 e. The van der Waals surface area contributed by atoms with Gasteiger partial charge in [-0.05, 0) is 24.6 Å². The number of hydrogen-bond donors (Lipinski definition) is 1. The van der Waals surface area contributed by atoms with E-state index in [1.165, 1.54) is 18.4 Å². The zero-order valence-corrected chi connectivity index (χ0v) is 11.4. The molecule has 0 saturated heterocycles. The van der Waals surface area contributed by atoms with Crippen molar-refractivity contribution < 1.29 is 9.53 Å². The average molecular weight is 283 g/mol. The number of carbonyl (C=O) groups is 1. The summed E-state index contributed by atoms with van der Waals surface area (Å²) in [6.07, 6.45) is 1.62. The average Bonchev–Trinajstić information content (AvgIpc) is 2.84. The van der Waals surface area contributed by atoms with Crippen LogP contribution in [0.15, 0.2) is 23.7 Å². The summed E-state index contributed by atoms with van der Waals surface area (Å²) in [4.78, 5) is 16.1. The van der Waals surface area contributed by atoms with Crippen LogP contribution in [0.3, 0.4) is 0 Å². The Morgan fingerprint density at radius 3 is 2.89 bits per heavy atom. The number of benzene rings is 1. The van der Waals surface area contributed by atoms with Crippen LogP contribution in [0.2, 0.25) is 5.02 Å². The van der Waals surface area contributed by atoms with Crippen molar-refractivity contribution in [2.45, 2.75) is 6.92 Å². The molecule has 2 rings (SSSR count). The van der Waals surface area contributed by atoms with Gasteiger partial charge in [0.15, 0.2) is 5.13 Å². The van der Waals surface area contributed by atoms with E-state index >= 15 is 0 Å². The molecule has 0 atom stereocenters. The van der Waals surface area contributed by atoms with Crippen LogP contribution in [-0.2, 0) is 0 Å². The number of aromatic nitrogens is 1. The molecule has 0 unspecified atom stereocenters. The first-order valence-corrected chi connectivity index (χ1v) is 6.42. The number of nitrogens with zero attached hydrogens (tertiary/aromatic N) is 1. The Balaban J connectivity index is 2.32. The number of rotatable bonds is 3. The fourth-order valence-electron chi connectivity index (χ4n) is 1.45.